The van der Waals surface area contributed by atoms with E-state index >= 15 is 0 Å². The standard InChI is InChI=1S/C9H10BrNO3/c1-14-6-8(12)5-11-4-7(10)2-3-9(11)13/h2-4H,5-6H2,1H3. The van der Waals surface area contributed by atoms with Crippen LogP contribution in [0.4, 0.5) is 0 Å². The van der Waals surface area contributed by atoms with Crippen molar-refractivity contribution in [3.8, 4) is 0 Å². The molecule has 0 bridgehead atoms. The lowest BCUT2D eigenvalue weighted by molar-refractivity contribution is -0.123. The van der Waals surface area contributed by atoms with Gasteiger partial charge >= 0.3 is 0 Å². The van der Waals surface area contributed by atoms with Gasteiger partial charge in [0.25, 0.3) is 5.56 Å². The van der Waals surface area contributed by atoms with Gasteiger partial charge in [-0.1, -0.05) is 0 Å². The van der Waals surface area contributed by atoms with Gasteiger partial charge in [0.05, 0.1) is 6.54 Å². The van der Waals surface area contributed by atoms with Crippen LogP contribution in [0.5, 0.6) is 0 Å². The highest BCUT2D eigenvalue weighted by Crippen LogP contribution is 2.04. The Morgan fingerprint density at radius 3 is 2.93 bits per heavy atom. The van der Waals surface area contributed by atoms with Crippen molar-refractivity contribution < 1.29 is 9.53 Å². The first kappa shape index (κ1) is 11.1. The summed E-state index contributed by atoms with van der Waals surface area (Å²) in [6, 6.07) is 3.05. The van der Waals surface area contributed by atoms with E-state index in [4.69, 9.17) is 0 Å². The van der Waals surface area contributed by atoms with Gasteiger partial charge in [-0.05, 0) is 22.0 Å². The van der Waals surface area contributed by atoms with Gasteiger partial charge in [-0.25, -0.2) is 0 Å². The Bertz CT molecular complexity index is 386. The van der Waals surface area contributed by atoms with Crippen LogP contribution in [0.1, 0.15) is 0 Å². The number of hydrogen-bond donors (Lipinski definition) is 0. The van der Waals surface area contributed by atoms with Crippen molar-refractivity contribution in [2.45, 2.75) is 6.54 Å². The molecule has 5 heteroatoms. The molecule has 0 aliphatic rings. The monoisotopic (exact) mass is 259 g/mol. The zero-order valence-electron chi connectivity index (χ0n) is 7.70. The maximum absolute atomic E-state index is 11.3. The third kappa shape index (κ3) is 3.08. The van der Waals surface area contributed by atoms with Crippen LogP contribution in [0.2, 0.25) is 0 Å². The van der Waals surface area contributed by atoms with E-state index in [0.717, 1.165) is 4.47 Å². The van der Waals surface area contributed by atoms with E-state index in [0.29, 0.717) is 0 Å². The molecule has 0 spiro atoms. The predicted molar refractivity (Wildman–Crippen MR) is 55.3 cm³/mol. The minimum atomic E-state index is -0.197. The zero-order valence-corrected chi connectivity index (χ0v) is 9.28. The van der Waals surface area contributed by atoms with Crippen LogP contribution in [0.15, 0.2) is 27.6 Å². The average Bonchev–Trinajstić information content (AvgIpc) is 2.12. The summed E-state index contributed by atoms with van der Waals surface area (Å²) in [6.45, 7) is 0.0745. The number of methoxy groups -OCH3 is 1. The van der Waals surface area contributed by atoms with Crippen molar-refractivity contribution in [2.24, 2.45) is 0 Å². The summed E-state index contributed by atoms with van der Waals surface area (Å²) in [5.41, 5.74) is -0.197. The summed E-state index contributed by atoms with van der Waals surface area (Å²) >= 11 is 3.22. The largest absolute Gasteiger partial charge is 0.377 e. The van der Waals surface area contributed by atoms with Gasteiger partial charge in [-0.15, -0.1) is 0 Å². The Morgan fingerprint density at radius 2 is 2.29 bits per heavy atom. The molecule has 0 saturated carbocycles. The topological polar surface area (TPSA) is 48.3 Å². The minimum Gasteiger partial charge on any atom is -0.377 e. The molecular weight excluding hydrogens is 250 g/mol. The van der Waals surface area contributed by atoms with Crippen LogP contribution in [0.3, 0.4) is 0 Å². The first-order chi connectivity index (χ1) is 6.63. The fraction of sp³-hybridized carbons (Fsp3) is 0.333. The molecule has 1 aromatic heterocycles. The number of halogens is 1. The quantitative estimate of drug-likeness (QED) is 0.805. The number of Topliss-reactive ketones (excluding diaryl/α,β-unsaturated/α-hetero) is 1. The Hall–Kier alpha value is -0.940. The number of aromatic nitrogens is 1. The first-order valence-electron chi connectivity index (χ1n) is 4.00. The van der Waals surface area contributed by atoms with Gasteiger partial charge in [0.2, 0.25) is 0 Å². The smallest absolute Gasteiger partial charge is 0.250 e. The molecule has 0 radical (unpaired) electrons. The molecule has 0 aliphatic heterocycles. The highest BCUT2D eigenvalue weighted by Gasteiger charge is 2.03. The van der Waals surface area contributed by atoms with Crippen molar-refractivity contribution in [3.05, 3.63) is 33.2 Å². The van der Waals surface area contributed by atoms with Gasteiger partial charge in [0.1, 0.15) is 6.61 Å². The molecule has 1 aromatic rings. The number of hydrogen-bond acceptors (Lipinski definition) is 3. The number of pyridine rings is 1. The summed E-state index contributed by atoms with van der Waals surface area (Å²) in [5.74, 6) is -0.132. The number of rotatable bonds is 4. The van der Waals surface area contributed by atoms with E-state index in [1.807, 2.05) is 0 Å². The first-order valence-corrected chi connectivity index (χ1v) is 4.79. The van der Waals surface area contributed by atoms with Gasteiger partial charge < -0.3 is 9.30 Å². The molecule has 0 aromatic carbocycles. The van der Waals surface area contributed by atoms with Gasteiger partial charge in [0.15, 0.2) is 5.78 Å². The molecule has 0 aliphatic carbocycles. The third-order valence-corrected chi connectivity index (χ3v) is 2.07. The highest BCUT2D eigenvalue weighted by atomic mass is 79.9. The maximum atomic E-state index is 11.3. The van der Waals surface area contributed by atoms with Crippen LogP contribution in [0, 0.1) is 0 Å². The summed E-state index contributed by atoms with van der Waals surface area (Å²) in [4.78, 5) is 22.4. The lowest BCUT2D eigenvalue weighted by Crippen LogP contribution is -2.24. The van der Waals surface area contributed by atoms with Crippen LogP contribution in [-0.2, 0) is 16.1 Å². The SMILES string of the molecule is COCC(=O)Cn1cc(Br)ccc1=O. The predicted octanol–water partition coefficient (Wildman–Crippen LogP) is 0.826. The summed E-state index contributed by atoms with van der Waals surface area (Å²) in [7, 11) is 1.45. The Morgan fingerprint density at radius 1 is 1.57 bits per heavy atom. The summed E-state index contributed by atoms with van der Waals surface area (Å²) in [6.07, 6.45) is 1.58. The fourth-order valence-corrected chi connectivity index (χ4v) is 1.40. The van der Waals surface area contributed by atoms with Crippen molar-refractivity contribution in [1.82, 2.24) is 4.57 Å². The minimum absolute atomic E-state index is 0.0267. The summed E-state index contributed by atoms with van der Waals surface area (Å²) in [5, 5.41) is 0. The van der Waals surface area contributed by atoms with E-state index in [-0.39, 0.29) is 24.5 Å². The molecule has 14 heavy (non-hydrogen) atoms. The van der Waals surface area contributed by atoms with Crippen LogP contribution in [-0.4, -0.2) is 24.1 Å². The van der Waals surface area contributed by atoms with Crippen molar-refractivity contribution >= 4 is 21.7 Å². The van der Waals surface area contributed by atoms with E-state index in [2.05, 4.69) is 20.7 Å². The normalized spacial score (nSPS) is 10.1. The molecule has 0 amide bonds. The Labute approximate surface area is 89.6 Å². The van der Waals surface area contributed by atoms with E-state index in [1.165, 1.54) is 17.7 Å². The third-order valence-electron chi connectivity index (χ3n) is 1.60. The second-order valence-electron chi connectivity index (χ2n) is 2.79. The Balaban J connectivity index is 2.81. The summed E-state index contributed by atoms with van der Waals surface area (Å²) < 4.78 is 6.77. The number of ether oxygens (including phenoxy) is 1. The molecule has 1 heterocycles. The number of nitrogens with zero attached hydrogens (tertiary/aromatic N) is 1. The number of carbonyl (C=O) groups is 1. The molecule has 0 atom stereocenters. The lowest BCUT2D eigenvalue weighted by atomic mass is 10.4. The van der Waals surface area contributed by atoms with Crippen molar-refractivity contribution in [1.29, 1.82) is 0 Å². The highest BCUT2D eigenvalue weighted by molar-refractivity contribution is 9.10. The molecule has 4 nitrogen and oxygen atoms in total. The molecule has 0 fully saturated rings. The fourth-order valence-electron chi connectivity index (χ4n) is 1.02. The van der Waals surface area contributed by atoms with Crippen LogP contribution < -0.4 is 5.56 Å². The lowest BCUT2D eigenvalue weighted by Gasteiger charge is -2.04. The molecule has 0 saturated heterocycles. The molecule has 1 rings (SSSR count). The molecular formula is C9H10BrNO3. The van der Waals surface area contributed by atoms with Gasteiger partial charge in [-0.2, -0.15) is 0 Å². The number of ketones is 1. The molecule has 0 N–H and O–H groups in total. The van der Waals surface area contributed by atoms with Crippen LogP contribution >= 0.6 is 15.9 Å². The zero-order chi connectivity index (χ0) is 10.6. The second-order valence-corrected chi connectivity index (χ2v) is 3.70. The number of carbonyl (C=O) groups excluding carboxylic acids is 1. The van der Waals surface area contributed by atoms with E-state index in [9.17, 15) is 9.59 Å². The van der Waals surface area contributed by atoms with Crippen molar-refractivity contribution in [3.63, 3.8) is 0 Å². The van der Waals surface area contributed by atoms with Crippen LogP contribution in [0.25, 0.3) is 0 Å². The van der Waals surface area contributed by atoms with Gasteiger partial charge in [-0.3, -0.25) is 9.59 Å². The maximum Gasteiger partial charge on any atom is 0.250 e. The van der Waals surface area contributed by atoms with E-state index < -0.39 is 0 Å². The van der Waals surface area contributed by atoms with E-state index in [1.54, 1.807) is 12.3 Å². The average molecular weight is 260 g/mol. The molecule has 0 unspecified atom stereocenters. The van der Waals surface area contributed by atoms with Gasteiger partial charge in [0, 0.05) is 23.8 Å². The second kappa shape index (κ2) is 5.07. The Kier molecular flexibility index (Phi) is 4.03. The van der Waals surface area contributed by atoms with Crippen molar-refractivity contribution in [2.75, 3.05) is 13.7 Å². The molecule has 76 valence electrons.